The summed E-state index contributed by atoms with van der Waals surface area (Å²) in [6.45, 7) is 4.58. The molecule has 1 N–H and O–H groups in total. The van der Waals surface area contributed by atoms with Crippen molar-refractivity contribution in [3.05, 3.63) is 51.9 Å². The maximum atomic E-state index is 12.5. The maximum Gasteiger partial charge on any atom is 0.222 e. The van der Waals surface area contributed by atoms with Crippen molar-refractivity contribution >= 4 is 27.5 Å². The molecule has 2 heterocycles. The summed E-state index contributed by atoms with van der Waals surface area (Å²) >= 11 is 5.93. The Kier molecular flexibility index (Phi) is 6.42. The number of rotatable bonds is 6. The number of hydrogen-bond acceptors (Lipinski definition) is 5. The number of halogens is 1. The van der Waals surface area contributed by atoms with E-state index in [1.54, 1.807) is 29.2 Å². The molecule has 3 rings (SSSR count). The fourth-order valence-corrected chi connectivity index (χ4v) is 5.04. The lowest BCUT2D eigenvalue weighted by Gasteiger charge is -2.21. The van der Waals surface area contributed by atoms with Crippen LogP contribution in [0.3, 0.4) is 0 Å². The zero-order chi connectivity index (χ0) is 20.3. The molecule has 0 spiro atoms. The van der Waals surface area contributed by atoms with Gasteiger partial charge in [-0.1, -0.05) is 28.9 Å². The van der Waals surface area contributed by atoms with Crippen molar-refractivity contribution in [3.8, 4) is 0 Å². The fourth-order valence-electron chi connectivity index (χ4n) is 3.38. The van der Waals surface area contributed by atoms with E-state index in [9.17, 15) is 13.2 Å². The van der Waals surface area contributed by atoms with E-state index in [2.05, 4.69) is 9.88 Å². The summed E-state index contributed by atoms with van der Waals surface area (Å²) < 4.78 is 33.0. The smallest absolute Gasteiger partial charge is 0.222 e. The number of sulfonamides is 1. The molecule has 1 saturated heterocycles. The number of amides is 1. The van der Waals surface area contributed by atoms with Crippen LogP contribution in [-0.2, 0) is 27.1 Å². The molecule has 1 fully saturated rings. The summed E-state index contributed by atoms with van der Waals surface area (Å²) in [6, 6.07) is 6.53. The summed E-state index contributed by atoms with van der Waals surface area (Å²) in [4.78, 5) is 14.2. The second-order valence-corrected chi connectivity index (χ2v) is 9.34. The van der Waals surface area contributed by atoms with Gasteiger partial charge in [0.05, 0.1) is 18.0 Å². The first kappa shape index (κ1) is 20.8. The Bertz CT molecular complexity index is 938. The molecule has 1 unspecified atom stereocenters. The van der Waals surface area contributed by atoms with E-state index < -0.39 is 10.0 Å². The minimum atomic E-state index is -3.53. The van der Waals surface area contributed by atoms with Crippen LogP contribution in [-0.4, -0.2) is 37.0 Å². The van der Waals surface area contributed by atoms with Gasteiger partial charge in [-0.25, -0.2) is 13.1 Å². The lowest BCUT2D eigenvalue weighted by atomic mass is 10.1. The molecule has 1 aliphatic rings. The van der Waals surface area contributed by atoms with E-state index in [0.29, 0.717) is 48.7 Å². The van der Waals surface area contributed by atoms with Crippen molar-refractivity contribution < 1.29 is 17.7 Å². The average Bonchev–Trinajstić information content (AvgIpc) is 2.82. The molecule has 0 radical (unpaired) electrons. The van der Waals surface area contributed by atoms with E-state index in [1.807, 2.05) is 13.8 Å². The molecule has 1 aliphatic heterocycles. The van der Waals surface area contributed by atoms with Crippen molar-refractivity contribution in [2.75, 3.05) is 6.54 Å². The van der Waals surface area contributed by atoms with Crippen LogP contribution in [0.2, 0.25) is 5.02 Å². The first-order valence-corrected chi connectivity index (χ1v) is 11.2. The predicted molar refractivity (Wildman–Crippen MR) is 106 cm³/mol. The molecule has 2 aromatic rings. The molecule has 1 aromatic heterocycles. The highest BCUT2D eigenvalue weighted by Crippen LogP contribution is 2.20. The highest BCUT2D eigenvalue weighted by atomic mass is 35.5. The van der Waals surface area contributed by atoms with E-state index in [-0.39, 0.29) is 17.7 Å². The normalized spacial score (nSPS) is 18.3. The van der Waals surface area contributed by atoms with Crippen LogP contribution < -0.4 is 4.72 Å². The molecule has 1 amide bonds. The van der Waals surface area contributed by atoms with Crippen LogP contribution in [0.5, 0.6) is 0 Å². The van der Waals surface area contributed by atoms with Crippen LogP contribution in [0.4, 0.5) is 0 Å². The Morgan fingerprint density at radius 2 is 2.11 bits per heavy atom. The molecule has 0 saturated carbocycles. The average molecular weight is 426 g/mol. The van der Waals surface area contributed by atoms with Crippen molar-refractivity contribution in [2.45, 2.75) is 51.4 Å². The van der Waals surface area contributed by atoms with Gasteiger partial charge >= 0.3 is 0 Å². The number of carbonyl (C=O) groups excluding carboxylic acids is 1. The van der Waals surface area contributed by atoms with Gasteiger partial charge in [-0.15, -0.1) is 0 Å². The van der Waals surface area contributed by atoms with Crippen LogP contribution in [0.15, 0.2) is 28.8 Å². The molecule has 1 atom stereocenters. The van der Waals surface area contributed by atoms with Crippen molar-refractivity contribution in [2.24, 2.45) is 0 Å². The number of carbonyl (C=O) groups is 1. The molecule has 152 valence electrons. The Hall–Kier alpha value is -1.90. The highest BCUT2D eigenvalue weighted by molar-refractivity contribution is 7.88. The van der Waals surface area contributed by atoms with Crippen LogP contribution >= 0.6 is 11.6 Å². The monoisotopic (exact) mass is 425 g/mol. The lowest BCUT2D eigenvalue weighted by molar-refractivity contribution is -0.131. The van der Waals surface area contributed by atoms with Gasteiger partial charge in [-0.3, -0.25) is 4.79 Å². The minimum absolute atomic E-state index is 0.0107. The van der Waals surface area contributed by atoms with Gasteiger partial charge in [-0.2, -0.15) is 0 Å². The third kappa shape index (κ3) is 5.33. The Labute approximate surface area is 170 Å². The van der Waals surface area contributed by atoms with Gasteiger partial charge in [0.15, 0.2) is 0 Å². The summed E-state index contributed by atoms with van der Waals surface area (Å²) in [7, 11) is -3.53. The van der Waals surface area contributed by atoms with Gasteiger partial charge in [0.25, 0.3) is 0 Å². The first-order valence-electron chi connectivity index (χ1n) is 9.17. The third-order valence-corrected chi connectivity index (χ3v) is 6.57. The topological polar surface area (TPSA) is 92.5 Å². The predicted octanol–water partition coefficient (Wildman–Crippen LogP) is 2.95. The van der Waals surface area contributed by atoms with Crippen molar-refractivity contribution in [1.82, 2.24) is 14.8 Å². The molecule has 0 bridgehead atoms. The molecular weight excluding hydrogens is 402 g/mol. The number of likely N-dealkylation sites (tertiary alicyclic amines) is 1. The zero-order valence-corrected chi connectivity index (χ0v) is 17.5. The molecule has 1 aromatic carbocycles. The standard InChI is InChI=1S/C19H24ClN3O4S/c1-13-18(14(2)27-21-13)11-23-9-8-17(6-7-19(23)24)22-28(25,26)12-15-4-3-5-16(20)10-15/h3-5,10,17,22H,6-9,11-12H2,1-2H3. The van der Waals surface area contributed by atoms with Gasteiger partial charge in [-0.05, 0) is 44.4 Å². The molecule has 28 heavy (non-hydrogen) atoms. The molecular formula is C19H24ClN3O4S. The first-order chi connectivity index (χ1) is 13.2. The lowest BCUT2D eigenvalue weighted by Crippen LogP contribution is -2.36. The summed E-state index contributed by atoms with van der Waals surface area (Å²) in [5.74, 6) is 0.575. The van der Waals surface area contributed by atoms with Crippen molar-refractivity contribution in [3.63, 3.8) is 0 Å². The number of hydrogen-bond donors (Lipinski definition) is 1. The van der Waals surface area contributed by atoms with E-state index in [0.717, 1.165) is 11.3 Å². The molecule has 0 aliphatic carbocycles. The largest absolute Gasteiger partial charge is 0.361 e. The number of nitrogens with one attached hydrogen (secondary N) is 1. The van der Waals surface area contributed by atoms with Gasteiger partial charge in [0, 0.05) is 29.6 Å². The Morgan fingerprint density at radius 1 is 1.32 bits per heavy atom. The van der Waals surface area contributed by atoms with E-state index in [1.165, 1.54) is 0 Å². The summed E-state index contributed by atoms with van der Waals surface area (Å²) in [5.41, 5.74) is 2.31. The number of nitrogens with zero attached hydrogens (tertiary/aromatic N) is 2. The van der Waals surface area contributed by atoms with E-state index >= 15 is 0 Å². The Morgan fingerprint density at radius 3 is 2.79 bits per heavy atom. The fraction of sp³-hybridized carbons (Fsp3) is 0.474. The van der Waals surface area contributed by atoms with Crippen LogP contribution in [0.1, 0.15) is 41.8 Å². The highest BCUT2D eigenvalue weighted by Gasteiger charge is 2.27. The second-order valence-electron chi connectivity index (χ2n) is 7.15. The Balaban J connectivity index is 1.61. The quantitative estimate of drug-likeness (QED) is 0.768. The van der Waals surface area contributed by atoms with Crippen molar-refractivity contribution in [1.29, 1.82) is 0 Å². The SMILES string of the molecule is Cc1noc(C)c1CN1CCC(NS(=O)(=O)Cc2cccc(Cl)c2)CCC1=O. The number of aryl methyl sites for hydroxylation is 2. The van der Waals surface area contributed by atoms with Crippen LogP contribution in [0, 0.1) is 13.8 Å². The second kappa shape index (κ2) is 8.63. The van der Waals surface area contributed by atoms with Gasteiger partial charge in [0.2, 0.25) is 15.9 Å². The van der Waals surface area contributed by atoms with Gasteiger partial charge in [0.1, 0.15) is 5.76 Å². The summed E-state index contributed by atoms with van der Waals surface area (Å²) in [5, 5.41) is 4.43. The zero-order valence-electron chi connectivity index (χ0n) is 15.9. The molecule has 9 heteroatoms. The maximum absolute atomic E-state index is 12.5. The number of benzene rings is 1. The number of aromatic nitrogens is 1. The molecule has 7 nitrogen and oxygen atoms in total. The summed E-state index contributed by atoms with van der Waals surface area (Å²) in [6.07, 6.45) is 1.34. The van der Waals surface area contributed by atoms with Crippen LogP contribution in [0.25, 0.3) is 0 Å². The minimum Gasteiger partial charge on any atom is -0.361 e. The van der Waals surface area contributed by atoms with Gasteiger partial charge < -0.3 is 9.42 Å². The van der Waals surface area contributed by atoms with E-state index in [4.69, 9.17) is 16.1 Å². The third-order valence-electron chi connectivity index (χ3n) is 4.93.